The molecule has 0 aromatic rings. The molecule has 2 nitrogen and oxygen atoms in total. The first-order chi connectivity index (χ1) is 4.27. The molecule has 0 bridgehead atoms. The van der Waals surface area contributed by atoms with E-state index in [0.29, 0.717) is 0 Å². The van der Waals surface area contributed by atoms with Crippen molar-refractivity contribution in [1.29, 1.82) is 0 Å². The predicted octanol–water partition coefficient (Wildman–Crippen LogP) is 0.847. The molecule has 0 aromatic heterocycles. The van der Waals surface area contributed by atoms with Crippen LogP contribution in [-0.2, 0) is 0 Å². The Morgan fingerprint density at radius 1 is 1.67 bits per heavy atom. The standard InChI is InChI=1S/C7H16N2/c1-3-5-9-6-4-7(2)8/h4,6-7,9H,3,5,8H2,1-2H3/b6-4+. The fourth-order valence-electron chi connectivity index (χ4n) is 0.447. The van der Waals surface area contributed by atoms with Gasteiger partial charge in [0.25, 0.3) is 0 Å². The predicted molar refractivity (Wildman–Crippen MR) is 41.1 cm³/mol. The molecule has 0 saturated carbocycles. The van der Waals surface area contributed by atoms with Gasteiger partial charge in [0.1, 0.15) is 0 Å². The van der Waals surface area contributed by atoms with Crippen molar-refractivity contribution >= 4 is 0 Å². The largest absolute Gasteiger partial charge is 0.391 e. The molecule has 1 unspecified atom stereocenters. The molecule has 0 amide bonds. The lowest BCUT2D eigenvalue weighted by atomic mass is 10.3. The fraction of sp³-hybridized carbons (Fsp3) is 0.714. The molecule has 0 aromatic carbocycles. The quantitative estimate of drug-likeness (QED) is 0.551. The van der Waals surface area contributed by atoms with Gasteiger partial charge in [0.2, 0.25) is 0 Å². The molecule has 54 valence electrons. The number of nitrogens with two attached hydrogens (primary N) is 1. The van der Waals surface area contributed by atoms with Crippen LogP contribution in [0.3, 0.4) is 0 Å². The van der Waals surface area contributed by atoms with Crippen molar-refractivity contribution in [3.05, 3.63) is 12.3 Å². The zero-order valence-electron chi connectivity index (χ0n) is 6.22. The molecule has 3 N–H and O–H groups in total. The van der Waals surface area contributed by atoms with E-state index in [9.17, 15) is 0 Å². The third-order valence-corrected chi connectivity index (χ3v) is 0.912. The highest BCUT2D eigenvalue weighted by Crippen LogP contribution is 1.76. The monoisotopic (exact) mass is 128 g/mol. The Bertz CT molecular complexity index is 77.0. The van der Waals surface area contributed by atoms with Crippen LogP contribution in [-0.4, -0.2) is 12.6 Å². The highest BCUT2D eigenvalue weighted by atomic mass is 14.8. The molecular weight excluding hydrogens is 112 g/mol. The lowest BCUT2D eigenvalue weighted by molar-refractivity contribution is 0.798. The maximum absolute atomic E-state index is 5.45. The van der Waals surface area contributed by atoms with Gasteiger partial charge in [-0.15, -0.1) is 0 Å². The third-order valence-electron chi connectivity index (χ3n) is 0.912. The number of nitrogens with one attached hydrogen (secondary N) is 1. The average molecular weight is 128 g/mol. The van der Waals surface area contributed by atoms with Crippen molar-refractivity contribution in [1.82, 2.24) is 5.32 Å². The minimum Gasteiger partial charge on any atom is -0.391 e. The highest BCUT2D eigenvalue weighted by molar-refractivity contribution is 4.86. The molecule has 0 radical (unpaired) electrons. The van der Waals surface area contributed by atoms with Crippen molar-refractivity contribution in [2.24, 2.45) is 5.73 Å². The van der Waals surface area contributed by atoms with Gasteiger partial charge in [-0.25, -0.2) is 0 Å². The zero-order valence-corrected chi connectivity index (χ0v) is 6.22. The summed E-state index contributed by atoms with van der Waals surface area (Å²) in [6.45, 7) is 5.11. The van der Waals surface area contributed by atoms with Crippen molar-refractivity contribution in [2.75, 3.05) is 6.54 Å². The second kappa shape index (κ2) is 5.63. The summed E-state index contributed by atoms with van der Waals surface area (Å²) in [7, 11) is 0. The van der Waals surface area contributed by atoms with E-state index < -0.39 is 0 Å². The summed E-state index contributed by atoms with van der Waals surface area (Å²) in [5.41, 5.74) is 5.45. The van der Waals surface area contributed by atoms with Gasteiger partial charge in [-0.2, -0.15) is 0 Å². The second-order valence-electron chi connectivity index (χ2n) is 2.17. The van der Waals surface area contributed by atoms with E-state index in [1.807, 2.05) is 19.2 Å². The molecule has 9 heavy (non-hydrogen) atoms. The third kappa shape index (κ3) is 7.50. The molecule has 0 saturated heterocycles. The van der Waals surface area contributed by atoms with Gasteiger partial charge in [-0.1, -0.05) is 13.0 Å². The minimum absolute atomic E-state index is 0.161. The van der Waals surface area contributed by atoms with Crippen molar-refractivity contribution < 1.29 is 0 Å². The lowest BCUT2D eigenvalue weighted by Crippen LogP contribution is -2.13. The Morgan fingerprint density at radius 2 is 2.33 bits per heavy atom. The van der Waals surface area contributed by atoms with E-state index in [2.05, 4.69) is 12.2 Å². The Labute approximate surface area is 57.1 Å². The number of hydrogen-bond donors (Lipinski definition) is 2. The highest BCUT2D eigenvalue weighted by Gasteiger charge is 1.80. The number of hydrogen-bond acceptors (Lipinski definition) is 2. The molecule has 1 atom stereocenters. The maximum atomic E-state index is 5.45. The molecule has 0 aliphatic rings. The van der Waals surface area contributed by atoms with Crippen molar-refractivity contribution in [3.63, 3.8) is 0 Å². The van der Waals surface area contributed by atoms with Gasteiger partial charge in [0, 0.05) is 12.6 Å². The van der Waals surface area contributed by atoms with Crippen LogP contribution in [0.2, 0.25) is 0 Å². The van der Waals surface area contributed by atoms with Crippen LogP contribution in [0.15, 0.2) is 12.3 Å². The van der Waals surface area contributed by atoms with Gasteiger partial charge in [-0.05, 0) is 19.5 Å². The van der Waals surface area contributed by atoms with Gasteiger partial charge >= 0.3 is 0 Å². The first-order valence-electron chi connectivity index (χ1n) is 3.43. The van der Waals surface area contributed by atoms with Gasteiger partial charge in [0.05, 0.1) is 0 Å². The normalized spacial score (nSPS) is 14.1. The van der Waals surface area contributed by atoms with Crippen LogP contribution in [0.5, 0.6) is 0 Å². The van der Waals surface area contributed by atoms with E-state index in [0.717, 1.165) is 13.0 Å². The van der Waals surface area contributed by atoms with E-state index in [-0.39, 0.29) is 6.04 Å². The van der Waals surface area contributed by atoms with Crippen LogP contribution in [0.1, 0.15) is 20.3 Å². The summed E-state index contributed by atoms with van der Waals surface area (Å²) < 4.78 is 0. The van der Waals surface area contributed by atoms with Crippen molar-refractivity contribution in [3.8, 4) is 0 Å². The summed E-state index contributed by atoms with van der Waals surface area (Å²) in [5, 5.41) is 3.11. The van der Waals surface area contributed by atoms with E-state index in [1.54, 1.807) is 0 Å². The van der Waals surface area contributed by atoms with Gasteiger partial charge < -0.3 is 11.1 Å². The summed E-state index contributed by atoms with van der Waals surface area (Å²) in [6, 6.07) is 0.161. The van der Waals surface area contributed by atoms with Gasteiger partial charge in [-0.3, -0.25) is 0 Å². The summed E-state index contributed by atoms with van der Waals surface area (Å²) in [4.78, 5) is 0. The van der Waals surface area contributed by atoms with Gasteiger partial charge in [0.15, 0.2) is 0 Å². The first-order valence-corrected chi connectivity index (χ1v) is 3.43. The van der Waals surface area contributed by atoms with Crippen LogP contribution in [0.4, 0.5) is 0 Å². The van der Waals surface area contributed by atoms with Crippen LogP contribution >= 0.6 is 0 Å². The number of rotatable bonds is 4. The van der Waals surface area contributed by atoms with Crippen LogP contribution < -0.4 is 11.1 Å². The summed E-state index contributed by atoms with van der Waals surface area (Å²) in [5.74, 6) is 0. The Morgan fingerprint density at radius 3 is 2.78 bits per heavy atom. The zero-order chi connectivity index (χ0) is 7.11. The van der Waals surface area contributed by atoms with E-state index >= 15 is 0 Å². The molecule has 0 aliphatic heterocycles. The SMILES string of the molecule is CCCN/C=C/C(C)N. The van der Waals surface area contributed by atoms with E-state index in [4.69, 9.17) is 5.73 Å². The molecule has 2 heteroatoms. The Hall–Kier alpha value is -0.500. The van der Waals surface area contributed by atoms with Crippen LogP contribution in [0.25, 0.3) is 0 Å². The Kier molecular flexibility index (Phi) is 5.32. The summed E-state index contributed by atoms with van der Waals surface area (Å²) >= 11 is 0. The second-order valence-corrected chi connectivity index (χ2v) is 2.17. The molecule has 0 fully saturated rings. The molecule has 0 heterocycles. The topological polar surface area (TPSA) is 38.0 Å². The lowest BCUT2D eigenvalue weighted by Gasteiger charge is -1.96. The molecule has 0 rings (SSSR count). The minimum atomic E-state index is 0.161. The fourth-order valence-corrected chi connectivity index (χ4v) is 0.447. The van der Waals surface area contributed by atoms with Crippen LogP contribution in [0, 0.1) is 0 Å². The smallest absolute Gasteiger partial charge is 0.0211 e. The molecule has 0 aliphatic carbocycles. The molecular formula is C7H16N2. The summed E-state index contributed by atoms with van der Waals surface area (Å²) in [6.07, 6.45) is 5.01. The van der Waals surface area contributed by atoms with Crippen molar-refractivity contribution in [2.45, 2.75) is 26.3 Å². The van der Waals surface area contributed by atoms with E-state index in [1.165, 1.54) is 0 Å². The first kappa shape index (κ1) is 8.50. The maximum Gasteiger partial charge on any atom is 0.0211 e. The molecule has 0 spiro atoms. The average Bonchev–Trinajstić information content (AvgIpc) is 1.80. The Balaban J connectivity index is 3.04.